The van der Waals surface area contributed by atoms with Crippen molar-refractivity contribution in [3.63, 3.8) is 0 Å². The van der Waals surface area contributed by atoms with E-state index in [1.54, 1.807) is 4.90 Å². The van der Waals surface area contributed by atoms with Gasteiger partial charge in [0.25, 0.3) is 0 Å². The van der Waals surface area contributed by atoms with Crippen molar-refractivity contribution in [2.45, 2.75) is 25.7 Å². The molecule has 5 heteroatoms. The first-order chi connectivity index (χ1) is 10.1. The average Bonchev–Trinajstić information content (AvgIpc) is 2.53. The summed E-state index contributed by atoms with van der Waals surface area (Å²) in [5.74, 6) is -0.560. The van der Waals surface area contributed by atoms with E-state index in [2.05, 4.69) is 6.07 Å². The number of carbonyl (C=O) groups excluding carboxylic acids is 2. The highest BCUT2D eigenvalue weighted by molar-refractivity contribution is 5.97. The number of hydrogen-bond donors (Lipinski definition) is 0. The topological polar surface area (TPSA) is 61.2 Å². The zero-order chi connectivity index (χ0) is 15.2. The van der Waals surface area contributed by atoms with Gasteiger partial charge in [0.15, 0.2) is 5.78 Å². The van der Waals surface area contributed by atoms with Crippen molar-refractivity contribution in [3.05, 3.63) is 35.6 Å². The number of hydrogen-bond acceptors (Lipinski definition) is 3. The Labute approximate surface area is 123 Å². The fourth-order valence-corrected chi connectivity index (χ4v) is 2.42. The van der Waals surface area contributed by atoms with Crippen molar-refractivity contribution in [1.29, 1.82) is 5.26 Å². The van der Waals surface area contributed by atoms with Crippen LogP contribution < -0.4 is 0 Å². The van der Waals surface area contributed by atoms with Crippen molar-refractivity contribution in [2.24, 2.45) is 5.92 Å². The van der Waals surface area contributed by atoms with Gasteiger partial charge >= 0.3 is 0 Å². The lowest BCUT2D eigenvalue weighted by Crippen LogP contribution is -2.38. The molecule has 21 heavy (non-hydrogen) atoms. The van der Waals surface area contributed by atoms with Gasteiger partial charge in [-0.3, -0.25) is 9.59 Å². The molecule has 0 radical (unpaired) electrons. The monoisotopic (exact) mass is 288 g/mol. The summed E-state index contributed by atoms with van der Waals surface area (Å²) in [5, 5.41) is 8.81. The third kappa shape index (κ3) is 4.12. The summed E-state index contributed by atoms with van der Waals surface area (Å²) < 4.78 is 12.8. The summed E-state index contributed by atoms with van der Waals surface area (Å²) >= 11 is 0. The maximum absolute atomic E-state index is 12.8. The molecule has 1 aliphatic heterocycles. The SMILES string of the molecule is N#CC1CCN(C(=O)CCC(=O)c2ccc(F)cc2)CC1. The number of halogens is 1. The van der Waals surface area contributed by atoms with Crippen molar-refractivity contribution >= 4 is 11.7 Å². The molecule has 4 nitrogen and oxygen atoms in total. The van der Waals surface area contributed by atoms with Crippen LogP contribution in [0.4, 0.5) is 4.39 Å². The van der Waals surface area contributed by atoms with E-state index in [9.17, 15) is 14.0 Å². The summed E-state index contributed by atoms with van der Waals surface area (Å²) in [6, 6.07) is 7.55. The van der Waals surface area contributed by atoms with Gasteiger partial charge in [-0.15, -0.1) is 0 Å². The highest BCUT2D eigenvalue weighted by Gasteiger charge is 2.22. The van der Waals surface area contributed by atoms with Crippen LogP contribution >= 0.6 is 0 Å². The first kappa shape index (κ1) is 15.2. The molecule has 0 bridgehead atoms. The van der Waals surface area contributed by atoms with Crippen LogP contribution in [0.3, 0.4) is 0 Å². The highest BCUT2D eigenvalue weighted by Crippen LogP contribution is 2.17. The molecule has 1 heterocycles. The largest absolute Gasteiger partial charge is 0.343 e. The van der Waals surface area contributed by atoms with Gasteiger partial charge in [0.1, 0.15) is 5.82 Å². The van der Waals surface area contributed by atoms with Crippen LogP contribution in [0, 0.1) is 23.1 Å². The lowest BCUT2D eigenvalue weighted by molar-refractivity contribution is -0.132. The molecule has 1 fully saturated rings. The van der Waals surface area contributed by atoms with E-state index in [-0.39, 0.29) is 36.3 Å². The van der Waals surface area contributed by atoms with Gasteiger partial charge in [-0.05, 0) is 37.1 Å². The standard InChI is InChI=1S/C16H17FN2O2/c17-14-3-1-13(2-4-14)15(20)5-6-16(21)19-9-7-12(11-18)8-10-19/h1-4,12H,5-10H2. The Morgan fingerprint density at radius 1 is 1.19 bits per heavy atom. The number of likely N-dealkylation sites (tertiary alicyclic amines) is 1. The van der Waals surface area contributed by atoms with Crippen LogP contribution in [0.15, 0.2) is 24.3 Å². The number of piperidine rings is 1. The number of amides is 1. The van der Waals surface area contributed by atoms with E-state index in [0.717, 1.165) is 0 Å². The number of carbonyl (C=O) groups is 2. The van der Waals surface area contributed by atoms with Crippen molar-refractivity contribution < 1.29 is 14.0 Å². The Balaban J connectivity index is 1.80. The van der Waals surface area contributed by atoms with Gasteiger partial charge in [-0.2, -0.15) is 5.26 Å². The van der Waals surface area contributed by atoms with Crippen LogP contribution in [0.5, 0.6) is 0 Å². The Bertz CT molecular complexity index is 555. The predicted octanol–water partition coefficient (Wildman–Crippen LogP) is 2.55. The van der Waals surface area contributed by atoms with E-state index < -0.39 is 0 Å². The molecule has 110 valence electrons. The van der Waals surface area contributed by atoms with Gasteiger partial charge in [0.05, 0.1) is 6.07 Å². The molecule has 1 amide bonds. The number of nitriles is 1. The normalized spacial score (nSPS) is 15.5. The molecule has 1 aliphatic rings. The third-order valence-corrected chi connectivity index (χ3v) is 3.76. The predicted molar refractivity (Wildman–Crippen MR) is 74.9 cm³/mol. The van der Waals surface area contributed by atoms with E-state index >= 15 is 0 Å². The first-order valence-electron chi connectivity index (χ1n) is 7.06. The smallest absolute Gasteiger partial charge is 0.223 e. The molecule has 1 saturated heterocycles. The minimum Gasteiger partial charge on any atom is -0.343 e. The summed E-state index contributed by atoms with van der Waals surface area (Å²) in [4.78, 5) is 25.6. The zero-order valence-electron chi connectivity index (χ0n) is 11.7. The van der Waals surface area contributed by atoms with E-state index in [0.29, 0.717) is 31.5 Å². The first-order valence-corrected chi connectivity index (χ1v) is 7.06. The fraction of sp³-hybridized carbons (Fsp3) is 0.438. The number of nitrogens with zero attached hydrogens (tertiary/aromatic N) is 2. The van der Waals surface area contributed by atoms with Crippen LogP contribution in [0.1, 0.15) is 36.0 Å². The lowest BCUT2D eigenvalue weighted by atomic mass is 9.98. The van der Waals surface area contributed by atoms with Gasteiger partial charge in [0, 0.05) is 37.4 Å². The van der Waals surface area contributed by atoms with E-state index in [4.69, 9.17) is 5.26 Å². The Morgan fingerprint density at radius 2 is 1.81 bits per heavy atom. The lowest BCUT2D eigenvalue weighted by Gasteiger charge is -2.29. The fourth-order valence-electron chi connectivity index (χ4n) is 2.42. The molecule has 0 atom stereocenters. The van der Waals surface area contributed by atoms with Gasteiger partial charge in [0.2, 0.25) is 5.91 Å². The molecule has 1 aromatic carbocycles. The summed E-state index contributed by atoms with van der Waals surface area (Å²) in [6.07, 6.45) is 1.69. The molecule has 2 rings (SSSR count). The van der Waals surface area contributed by atoms with Crippen LogP contribution in [-0.2, 0) is 4.79 Å². The van der Waals surface area contributed by atoms with E-state index in [1.807, 2.05) is 0 Å². The Kier molecular flexibility index (Phi) is 5.04. The summed E-state index contributed by atoms with van der Waals surface area (Å²) in [7, 11) is 0. The van der Waals surface area contributed by atoms with E-state index in [1.165, 1.54) is 24.3 Å². The maximum atomic E-state index is 12.8. The number of benzene rings is 1. The molecule has 0 spiro atoms. The minimum absolute atomic E-state index is 0.0369. The second-order valence-electron chi connectivity index (χ2n) is 5.21. The van der Waals surface area contributed by atoms with Gasteiger partial charge in [-0.1, -0.05) is 0 Å². The van der Waals surface area contributed by atoms with Crippen molar-refractivity contribution in [1.82, 2.24) is 4.90 Å². The Morgan fingerprint density at radius 3 is 2.38 bits per heavy atom. The molecule has 0 aliphatic carbocycles. The number of rotatable bonds is 4. The number of Topliss-reactive ketones (excluding diaryl/α,β-unsaturated/α-hetero) is 1. The summed E-state index contributed by atoms with van der Waals surface area (Å²) in [5.41, 5.74) is 0.424. The van der Waals surface area contributed by atoms with Crippen molar-refractivity contribution in [2.75, 3.05) is 13.1 Å². The minimum atomic E-state index is -0.386. The molecule has 1 aromatic rings. The molecule has 0 N–H and O–H groups in total. The van der Waals surface area contributed by atoms with Crippen LogP contribution in [0.2, 0.25) is 0 Å². The van der Waals surface area contributed by atoms with Crippen molar-refractivity contribution in [3.8, 4) is 6.07 Å². The van der Waals surface area contributed by atoms with Crippen LogP contribution in [0.25, 0.3) is 0 Å². The van der Waals surface area contributed by atoms with Gasteiger partial charge in [-0.25, -0.2) is 4.39 Å². The van der Waals surface area contributed by atoms with Crippen LogP contribution in [-0.4, -0.2) is 29.7 Å². The molecular weight excluding hydrogens is 271 g/mol. The molecular formula is C16H17FN2O2. The maximum Gasteiger partial charge on any atom is 0.223 e. The molecule has 0 saturated carbocycles. The molecule has 0 aromatic heterocycles. The Hall–Kier alpha value is -2.22. The second-order valence-corrected chi connectivity index (χ2v) is 5.21. The second kappa shape index (κ2) is 6.98. The summed E-state index contributed by atoms with van der Waals surface area (Å²) in [6.45, 7) is 1.17. The van der Waals surface area contributed by atoms with Gasteiger partial charge < -0.3 is 4.90 Å². The highest BCUT2D eigenvalue weighted by atomic mass is 19.1. The zero-order valence-corrected chi connectivity index (χ0v) is 11.7. The molecule has 0 unspecified atom stereocenters. The average molecular weight is 288 g/mol. The quantitative estimate of drug-likeness (QED) is 0.800. The third-order valence-electron chi connectivity index (χ3n) is 3.76. The number of ketones is 1.